The summed E-state index contributed by atoms with van der Waals surface area (Å²) in [6.07, 6.45) is 3.84. The van der Waals surface area contributed by atoms with E-state index < -0.39 is 5.92 Å². The first-order chi connectivity index (χ1) is 17.6. The minimum absolute atomic E-state index is 0.0756. The summed E-state index contributed by atoms with van der Waals surface area (Å²) in [5.41, 5.74) is 5.49. The lowest BCUT2D eigenvalue weighted by atomic mass is 9.76. The molecule has 1 heterocycles. The lowest BCUT2D eigenvalue weighted by Crippen LogP contribution is -2.28. The third-order valence-corrected chi connectivity index (χ3v) is 6.54. The number of aryl methyl sites for hydroxylation is 1. The molecule has 5 rings (SSSR count). The molecule has 0 bridgehead atoms. The van der Waals surface area contributed by atoms with Crippen molar-refractivity contribution in [3.05, 3.63) is 167 Å². The minimum Gasteiger partial charge on any atom is -0.349 e. The zero-order valence-electron chi connectivity index (χ0n) is 20.2. The first kappa shape index (κ1) is 23.3. The molecule has 0 spiro atoms. The molecular formula is C33H27NO2. The van der Waals surface area contributed by atoms with Crippen molar-refractivity contribution in [3.8, 4) is 0 Å². The van der Waals surface area contributed by atoms with Gasteiger partial charge in [0.05, 0.1) is 0 Å². The molecule has 3 nitrogen and oxygen atoms in total. The summed E-state index contributed by atoms with van der Waals surface area (Å²) in [5, 5.41) is 0. The number of benzene rings is 4. The van der Waals surface area contributed by atoms with Crippen molar-refractivity contribution >= 4 is 11.6 Å². The molecule has 1 aliphatic heterocycles. The van der Waals surface area contributed by atoms with Gasteiger partial charge in [-0.15, -0.1) is 0 Å². The summed E-state index contributed by atoms with van der Waals surface area (Å²) in [7, 11) is 0. The fraction of sp³-hybridized carbons (Fsp3) is 0.0909. The number of allylic oxidation sites excluding steroid dienone is 2. The number of nitrogens with zero attached hydrogens (tertiary/aromatic N) is 1. The van der Waals surface area contributed by atoms with Gasteiger partial charge in [-0.1, -0.05) is 115 Å². The molecule has 0 aromatic heterocycles. The van der Waals surface area contributed by atoms with Gasteiger partial charge >= 0.3 is 0 Å². The van der Waals surface area contributed by atoms with Crippen molar-refractivity contribution < 1.29 is 9.59 Å². The largest absolute Gasteiger partial charge is 0.349 e. The number of carbonyl (C=O) groups excluding carboxylic acids is 2. The van der Waals surface area contributed by atoms with Crippen molar-refractivity contribution in [2.24, 2.45) is 0 Å². The Balaban J connectivity index is 1.68. The maximum atomic E-state index is 14.0. The number of rotatable bonds is 7. The van der Waals surface area contributed by atoms with E-state index in [-0.39, 0.29) is 11.6 Å². The van der Waals surface area contributed by atoms with E-state index in [4.69, 9.17) is 0 Å². The van der Waals surface area contributed by atoms with E-state index in [2.05, 4.69) is 0 Å². The quantitative estimate of drug-likeness (QED) is 0.270. The van der Waals surface area contributed by atoms with Crippen LogP contribution >= 0.6 is 0 Å². The zero-order chi connectivity index (χ0) is 24.9. The highest BCUT2D eigenvalue weighted by Crippen LogP contribution is 2.40. The molecule has 0 atom stereocenters. The summed E-state index contributed by atoms with van der Waals surface area (Å²) in [5.74, 6) is -0.625. The lowest BCUT2D eigenvalue weighted by Gasteiger charge is -2.32. The number of hydrogen-bond donors (Lipinski definition) is 0. The molecule has 0 saturated heterocycles. The van der Waals surface area contributed by atoms with Crippen LogP contribution in [0.5, 0.6) is 0 Å². The van der Waals surface area contributed by atoms with Gasteiger partial charge in [-0.2, -0.15) is 0 Å². The summed E-state index contributed by atoms with van der Waals surface area (Å²) < 4.78 is 0. The van der Waals surface area contributed by atoms with E-state index in [1.165, 1.54) is 0 Å². The second-order valence-corrected chi connectivity index (χ2v) is 9.01. The second kappa shape index (κ2) is 10.4. The van der Waals surface area contributed by atoms with Crippen molar-refractivity contribution in [1.82, 2.24) is 4.90 Å². The van der Waals surface area contributed by atoms with Crippen LogP contribution in [0, 0.1) is 6.92 Å². The molecule has 0 amide bonds. The van der Waals surface area contributed by atoms with E-state index >= 15 is 0 Å². The number of hydrogen-bond acceptors (Lipinski definition) is 3. The highest BCUT2D eigenvalue weighted by molar-refractivity contribution is 6.15. The fourth-order valence-electron chi connectivity index (χ4n) is 4.73. The molecular weight excluding hydrogens is 442 g/mol. The summed E-state index contributed by atoms with van der Waals surface area (Å²) >= 11 is 0. The maximum absolute atomic E-state index is 14.0. The predicted molar refractivity (Wildman–Crippen MR) is 144 cm³/mol. The Labute approximate surface area is 212 Å². The van der Waals surface area contributed by atoms with Gasteiger partial charge in [-0.25, -0.2) is 0 Å². The third kappa shape index (κ3) is 4.82. The molecule has 0 N–H and O–H groups in total. The Morgan fingerprint density at radius 1 is 0.611 bits per heavy atom. The molecule has 0 unspecified atom stereocenters. The maximum Gasteiger partial charge on any atom is 0.191 e. The van der Waals surface area contributed by atoms with Crippen LogP contribution in [0.3, 0.4) is 0 Å². The van der Waals surface area contributed by atoms with Gasteiger partial charge in [0.15, 0.2) is 11.6 Å². The van der Waals surface area contributed by atoms with Crippen LogP contribution in [0.25, 0.3) is 0 Å². The summed E-state index contributed by atoms with van der Waals surface area (Å²) in [4.78, 5) is 29.9. The number of carbonyl (C=O) groups is 2. The molecule has 4 aromatic carbocycles. The first-order valence-corrected chi connectivity index (χ1v) is 12.1. The van der Waals surface area contributed by atoms with E-state index in [0.717, 1.165) is 16.7 Å². The van der Waals surface area contributed by atoms with Gasteiger partial charge < -0.3 is 4.90 Å². The monoisotopic (exact) mass is 469 g/mol. The SMILES string of the molecule is Cc1ccccc1C1C(C(=O)c2ccccc2)=CN(Cc2ccccc2)C=C1C(=O)c1ccccc1. The van der Waals surface area contributed by atoms with Crippen LogP contribution in [-0.2, 0) is 6.54 Å². The van der Waals surface area contributed by atoms with Crippen LogP contribution in [0.15, 0.2) is 139 Å². The standard InChI is InChI=1S/C33H27NO2/c1-24-13-11-12-20-28(24)31-29(32(35)26-16-7-3-8-17-26)22-34(21-25-14-5-2-6-15-25)23-30(31)33(36)27-18-9-4-10-19-27/h2-20,22-23,31H,21H2,1H3. The van der Waals surface area contributed by atoms with E-state index in [1.807, 2.05) is 139 Å². The van der Waals surface area contributed by atoms with Crippen LogP contribution < -0.4 is 0 Å². The predicted octanol–water partition coefficient (Wildman–Crippen LogP) is 7.13. The Bertz CT molecular complexity index is 1370. The van der Waals surface area contributed by atoms with Crippen LogP contribution in [0.1, 0.15) is 43.3 Å². The van der Waals surface area contributed by atoms with Gasteiger partial charge in [0, 0.05) is 47.1 Å². The fourth-order valence-corrected chi connectivity index (χ4v) is 4.73. The highest BCUT2D eigenvalue weighted by Gasteiger charge is 2.35. The molecule has 4 aromatic rings. The Morgan fingerprint density at radius 2 is 1.06 bits per heavy atom. The summed E-state index contributed by atoms with van der Waals surface area (Å²) in [6.45, 7) is 2.58. The van der Waals surface area contributed by atoms with Crippen molar-refractivity contribution in [2.45, 2.75) is 19.4 Å². The topological polar surface area (TPSA) is 37.4 Å². The van der Waals surface area contributed by atoms with Gasteiger partial charge in [0.2, 0.25) is 0 Å². The van der Waals surface area contributed by atoms with Gasteiger partial charge in [0.1, 0.15) is 0 Å². The van der Waals surface area contributed by atoms with Gasteiger partial charge in [-0.05, 0) is 23.6 Å². The second-order valence-electron chi connectivity index (χ2n) is 9.01. The Kier molecular flexibility index (Phi) is 6.72. The van der Waals surface area contributed by atoms with E-state index in [0.29, 0.717) is 28.8 Å². The van der Waals surface area contributed by atoms with Crippen LogP contribution in [0.4, 0.5) is 0 Å². The molecule has 1 aliphatic rings. The highest BCUT2D eigenvalue weighted by atomic mass is 16.1. The first-order valence-electron chi connectivity index (χ1n) is 12.1. The molecule has 3 heteroatoms. The zero-order valence-corrected chi connectivity index (χ0v) is 20.2. The van der Waals surface area contributed by atoms with Crippen molar-refractivity contribution in [3.63, 3.8) is 0 Å². The molecule has 36 heavy (non-hydrogen) atoms. The minimum atomic E-state index is -0.473. The molecule has 0 aliphatic carbocycles. The number of Topliss-reactive ketones (excluding diaryl/α,β-unsaturated/α-hetero) is 2. The van der Waals surface area contributed by atoms with Gasteiger partial charge in [0.25, 0.3) is 0 Å². The van der Waals surface area contributed by atoms with Crippen molar-refractivity contribution in [1.29, 1.82) is 0 Å². The van der Waals surface area contributed by atoms with E-state index in [9.17, 15) is 9.59 Å². The average Bonchev–Trinajstić information content (AvgIpc) is 2.94. The molecule has 176 valence electrons. The molecule has 0 radical (unpaired) electrons. The van der Waals surface area contributed by atoms with Crippen LogP contribution in [0.2, 0.25) is 0 Å². The molecule has 0 saturated carbocycles. The van der Waals surface area contributed by atoms with Crippen molar-refractivity contribution in [2.75, 3.05) is 0 Å². The van der Waals surface area contributed by atoms with Crippen LogP contribution in [-0.4, -0.2) is 16.5 Å². The summed E-state index contributed by atoms with van der Waals surface area (Å²) in [6, 6.07) is 36.7. The number of ketones is 2. The lowest BCUT2D eigenvalue weighted by molar-refractivity contribution is 0.101. The average molecular weight is 470 g/mol. The van der Waals surface area contributed by atoms with E-state index in [1.54, 1.807) is 0 Å². The third-order valence-electron chi connectivity index (χ3n) is 6.54. The Hall–Kier alpha value is -4.50. The normalized spacial score (nSPS) is 13.6. The van der Waals surface area contributed by atoms with Gasteiger partial charge in [-0.3, -0.25) is 9.59 Å². The smallest absolute Gasteiger partial charge is 0.191 e. The molecule has 0 fully saturated rings. The Morgan fingerprint density at radius 3 is 1.56 bits per heavy atom.